The maximum atomic E-state index is 2.58. The molecule has 0 radical (unpaired) electrons. The minimum absolute atomic E-state index is 0.336. The van der Waals surface area contributed by atoms with Gasteiger partial charge in [0.25, 0.3) is 0 Å². The molecule has 16 rings (SSSR count). The molecule has 0 aliphatic heterocycles. The van der Waals surface area contributed by atoms with Gasteiger partial charge in [-0.3, -0.25) is 0 Å². The van der Waals surface area contributed by atoms with Gasteiger partial charge in [0.05, 0.1) is 22.2 Å². The van der Waals surface area contributed by atoms with Gasteiger partial charge >= 0.3 is 0 Å². The van der Waals surface area contributed by atoms with E-state index in [2.05, 4.69) is 284 Å². The van der Waals surface area contributed by atoms with E-state index in [4.69, 9.17) is 0 Å². The largest absolute Gasteiger partial charge is 0.309 e. The molecule has 1 unspecified atom stereocenters. The Morgan fingerprint density at radius 2 is 0.693 bits per heavy atom. The summed E-state index contributed by atoms with van der Waals surface area (Å²) in [6.07, 6.45) is 9.99. The van der Waals surface area contributed by atoms with Gasteiger partial charge in [-0.15, -0.1) is 0 Å². The van der Waals surface area contributed by atoms with Gasteiger partial charge < -0.3 is 4.90 Å². The van der Waals surface area contributed by atoms with E-state index < -0.39 is 10.8 Å². The number of para-hydroxylation sites is 1. The molecule has 1 heteroatoms. The fraction of sp³-hybridized carbons (Fsp3) is 0.0541. The van der Waals surface area contributed by atoms with E-state index in [1.165, 1.54) is 117 Å². The number of nitrogens with zero attached hydrogens (tertiary/aromatic N) is 1. The molecule has 1 atom stereocenters. The first-order valence-electron chi connectivity index (χ1n) is 26.5. The Morgan fingerprint density at radius 3 is 1.24 bits per heavy atom. The Labute approximate surface area is 438 Å². The number of anilines is 3. The molecule has 11 aromatic carbocycles. The van der Waals surface area contributed by atoms with E-state index in [9.17, 15) is 0 Å². The summed E-state index contributed by atoms with van der Waals surface area (Å²) in [5.74, 6) is 0.336. The van der Waals surface area contributed by atoms with Crippen LogP contribution in [-0.2, 0) is 10.8 Å². The minimum atomic E-state index is -0.483. The Bertz CT molecular complexity index is 4150. The molecule has 5 aliphatic carbocycles. The van der Waals surface area contributed by atoms with Crippen molar-refractivity contribution in [3.05, 3.63) is 329 Å². The van der Waals surface area contributed by atoms with Crippen LogP contribution in [-0.4, -0.2) is 0 Å². The fourth-order valence-electron chi connectivity index (χ4n) is 14.7. The number of benzene rings is 11. The van der Waals surface area contributed by atoms with Crippen LogP contribution in [0, 0.1) is 0 Å². The summed E-state index contributed by atoms with van der Waals surface area (Å²) < 4.78 is 0. The van der Waals surface area contributed by atoms with Gasteiger partial charge in [0, 0.05) is 22.7 Å². The molecular formula is C74H49N. The summed E-state index contributed by atoms with van der Waals surface area (Å²) in [6.45, 7) is 0. The van der Waals surface area contributed by atoms with Crippen molar-refractivity contribution < 1.29 is 0 Å². The second-order valence-electron chi connectivity index (χ2n) is 20.8. The molecule has 0 amide bonds. The maximum absolute atomic E-state index is 2.58. The predicted molar refractivity (Wildman–Crippen MR) is 310 cm³/mol. The molecule has 0 saturated carbocycles. The van der Waals surface area contributed by atoms with Gasteiger partial charge in [0.15, 0.2) is 0 Å². The van der Waals surface area contributed by atoms with Crippen molar-refractivity contribution in [3.8, 4) is 66.8 Å². The van der Waals surface area contributed by atoms with E-state index in [1.54, 1.807) is 0 Å². The van der Waals surface area contributed by atoms with E-state index >= 15 is 0 Å². The van der Waals surface area contributed by atoms with Crippen molar-refractivity contribution in [1.29, 1.82) is 0 Å². The average molecular weight is 952 g/mol. The van der Waals surface area contributed by atoms with Crippen LogP contribution in [0.25, 0.3) is 66.8 Å². The van der Waals surface area contributed by atoms with Crippen LogP contribution in [0.15, 0.2) is 279 Å². The molecule has 11 aromatic rings. The zero-order chi connectivity index (χ0) is 49.2. The highest BCUT2D eigenvalue weighted by Crippen LogP contribution is 2.67. The van der Waals surface area contributed by atoms with Crippen LogP contribution in [0.5, 0.6) is 0 Å². The van der Waals surface area contributed by atoms with Crippen LogP contribution < -0.4 is 4.90 Å². The summed E-state index contributed by atoms with van der Waals surface area (Å²) in [6, 6.07) is 96.6. The van der Waals surface area contributed by atoms with Gasteiger partial charge in [-0.25, -0.2) is 0 Å². The van der Waals surface area contributed by atoms with E-state index in [-0.39, 0.29) is 0 Å². The maximum Gasteiger partial charge on any atom is 0.0726 e. The highest BCUT2D eigenvalue weighted by Gasteiger charge is 2.54. The molecule has 0 saturated heterocycles. The zero-order valence-electron chi connectivity index (χ0n) is 41.3. The Morgan fingerprint density at radius 1 is 0.293 bits per heavy atom. The molecule has 0 fully saturated rings. The third kappa shape index (κ3) is 5.62. The molecule has 1 nitrogen and oxygen atoms in total. The molecule has 5 aliphatic rings. The smallest absolute Gasteiger partial charge is 0.0726 e. The van der Waals surface area contributed by atoms with Gasteiger partial charge in [-0.1, -0.05) is 255 Å². The second-order valence-corrected chi connectivity index (χ2v) is 20.8. The Hall–Kier alpha value is -9.30. The molecule has 2 spiro atoms. The lowest BCUT2D eigenvalue weighted by Crippen LogP contribution is -2.26. The minimum Gasteiger partial charge on any atom is -0.309 e. The van der Waals surface area contributed by atoms with Crippen LogP contribution in [0.2, 0.25) is 0 Å². The number of rotatable bonds is 6. The molecule has 0 aromatic heterocycles. The zero-order valence-corrected chi connectivity index (χ0v) is 41.3. The van der Waals surface area contributed by atoms with Crippen molar-refractivity contribution in [2.75, 3.05) is 4.90 Å². The lowest BCUT2D eigenvalue weighted by Gasteiger charge is -2.33. The molecule has 75 heavy (non-hydrogen) atoms. The normalized spacial score (nSPS) is 15.7. The lowest BCUT2D eigenvalue weighted by atomic mass is 9.70. The molecule has 0 bridgehead atoms. The van der Waals surface area contributed by atoms with E-state index in [0.717, 1.165) is 23.5 Å². The number of fused-ring (bicyclic) bond motifs is 20. The average Bonchev–Trinajstić information content (AvgIpc) is 4.19. The first-order valence-corrected chi connectivity index (χ1v) is 26.5. The summed E-state index contributed by atoms with van der Waals surface area (Å²) in [7, 11) is 0. The molecule has 350 valence electrons. The highest BCUT2D eigenvalue weighted by molar-refractivity contribution is 6.05. The van der Waals surface area contributed by atoms with Crippen molar-refractivity contribution in [1.82, 2.24) is 0 Å². The third-order valence-corrected chi connectivity index (χ3v) is 17.5. The van der Waals surface area contributed by atoms with E-state index in [1.807, 2.05) is 0 Å². The Balaban J connectivity index is 0.956. The second kappa shape index (κ2) is 16.1. The van der Waals surface area contributed by atoms with E-state index in [0.29, 0.717) is 5.92 Å². The summed E-state index contributed by atoms with van der Waals surface area (Å²) >= 11 is 0. The van der Waals surface area contributed by atoms with Crippen molar-refractivity contribution in [3.63, 3.8) is 0 Å². The number of hydrogen-bond acceptors (Lipinski definition) is 1. The first-order chi connectivity index (χ1) is 37.3. The quantitative estimate of drug-likeness (QED) is 0.161. The summed E-state index contributed by atoms with van der Waals surface area (Å²) in [4.78, 5) is 2.58. The first kappa shape index (κ1) is 42.2. The van der Waals surface area contributed by atoms with Crippen LogP contribution >= 0.6 is 0 Å². The van der Waals surface area contributed by atoms with Gasteiger partial charge in [0.1, 0.15) is 0 Å². The Kier molecular flexibility index (Phi) is 9.06. The third-order valence-electron chi connectivity index (χ3n) is 17.5. The standard InChI is InChI=1S/C74H49N/c1-2-22-48(23-3-1)51-24-4-5-25-52(51)49-44-46-50(47-45-49)75(70-43-21-41-68-72(70)60-32-11-18-39-66(60)74(68)63-36-15-8-28-55(63)56-29-9-16-37-64(56)74)69-42-19-12-30-57(69)58-33-20-40-67-71(58)59-31-10-17-38-65(59)73(67)61-34-13-6-26-53(61)54-27-7-14-35-62(54)73/h1-22,24-48H,23H2. The summed E-state index contributed by atoms with van der Waals surface area (Å²) in [5, 5.41) is 0. The molecular weight excluding hydrogens is 903 g/mol. The van der Waals surface area contributed by atoms with Gasteiger partial charge in [-0.2, -0.15) is 0 Å². The van der Waals surface area contributed by atoms with Crippen LogP contribution in [0.1, 0.15) is 62.4 Å². The molecule has 0 N–H and O–H groups in total. The number of hydrogen-bond donors (Lipinski definition) is 0. The SMILES string of the molecule is C1=CCC(c2ccccc2-c2ccc(N(c3ccccc3-c3cccc4c3-c3ccccc3C43c4ccccc4-c4ccccc43)c3cccc4c3-c3ccccc3C43c4ccccc4-c4ccccc43)cc2)C=C1. The van der Waals surface area contributed by atoms with Crippen LogP contribution in [0.4, 0.5) is 17.1 Å². The highest BCUT2D eigenvalue weighted by atomic mass is 15.1. The molecule has 0 heterocycles. The monoisotopic (exact) mass is 951 g/mol. The van der Waals surface area contributed by atoms with Crippen molar-refractivity contribution >= 4 is 17.1 Å². The summed E-state index contributed by atoms with van der Waals surface area (Å²) in [5.41, 5.74) is 29.8. The van der Waals surface area contributed by atoms with Gasteiger partial charge in [-0.05, 0) is 136 Å². The van der Waals surface area contributed by atoms with Crippen LogP contribution in [0.3, 0.4) is 0 Å². The fourth-order valence-corrected chi connectivity index (χ4v) is 14.7. The van der Waals surface area contributed by atoms with Crippen molar-refractivity contribution in [2.45, 2.75) is 23.2 Å². The number of allylic oxidation sites excluding steroid dienone is 4. The van der Waals surface area contributed by atoms with Crippen molar-refractivity contribution in [2.24, 2.45) is 0 Å². The van der Waals surface area contributed by atoms with Gasteiger partial charge in [0.2, 0.25) is 0 Å². The lowest BCUT2D eigenvalue weighted by molar-refractivity contribution is 0.793. The topological polar surface area (TPSA) is 3.24 Å². The predicted octanol–water partition coefficient (Wildman–Crippen LogP) is 18.8.